The van der Waals surface area contributed by atoms with E-state index in [1.165, 1.54) is 40.1 Å². The van der Waals surface area contributed by atoms with E-state index >= 15 is 0 Å². The molecule has 1 N–H and O–H groups in total. The summed E-state index contributed by atoms with van der Waals surface area (Å²) in [5.41, 5.74) is 0.517. The van der Waals surface area contributed by atoms with Crippen molar-refractivity contribution in [1.82, 2.24) is 9.03 Å². The van der Waals surface area contributed by atoms with Crippen LogP contribution in [0, 0.1) is 0 Å². The third-order valence-electron chi connectivity index (χ3n) is 3.16. The molecule has 9 heteroatoms. The quantitative estimate of drug-likeness (QED) is 0.739. The van der Waals surface area contributed by atoms with Gasteiger partial charge in [-0.3, -0.25) is 4.79 Å². The summed E-state index contributed by atoms with van der Waals surface area (Å²) >= 11 is 0. The van der Waals surface area contributed by atoms with Crippen molar-refractivity contribution in [3.63, 3.8) is 0 Å². The Morgan fingerprint density at radius 2 is 1.87 bits per heavy atom. The fourth-order valence-corrected chi connectivity index (χ4v) is 2.48. The average Bonchev–Trinajstić information content (AvgIpc) is 2.50. The number of ether oxygens (including phenoxy) is 2. The predicted octanol–water partition coefficient (Wildman–Crippen LogP) is 0.453. The van der Waals surface area contributed by atoms with E-state index in [0.717, 1.165) is 4.31 Å². The van der Waals surface area contributed by atoms with Gasteiger partial charge in [-0.25, -0.2) is 4.72 Å². The monoisotopic (exact) mass is 345 g/mol. The average molecular weight is 345 g/mol. The van der Waals surface area contributed by atoms with Crippen molar-refractivity contribution >= 4 is 21.8 Å². The van der Waals surface area contributed by atoms with Crippen LogP contribution in [0.2, 0.25) is 0 Å². The first kappa shape index (κ1) is 19.2. The molecule has 8 nitrogen and oxygen atoms in total. The van der Waals surface area contributed by atoms with Gasteiger partial charge in [0, 0.05) is 40.2 Å². The Kier molecular flexibility index (Phi) is 6.79. The number of carbonyl (C=O) groups is 1. The van der Waals surface area contributed by atoms with Gasteiger partial charge < -0.3 is 14.4 Å². The van der Waals surface area contributed by atoms with Crippen molar-refractivity contribution in [2.75, 3.05) is 46.3 Å². The SMILES string of the molecule is COc1ccc(OC)c(N(CCNS(=O)(=O)N(C)C)C(C)=O)c1. The molecule has 0 saturated heterocycles. The number of benzene rings is 1. The van der Waals surface area contributed by atoms with Gasteiger partial charge in [0.2, 0.25) is 5.91 Å². The van der Waals surface area contributed by atoms with Gasteiger partial charge in [-0.15, -0.1) is 0 Å². The summed E-state index contributed by atoms with van der Waals surface area (Å²) in [6.07, 6.45) is 0. The molecule has 0 atom stereocenters. The molecule has 0 saturated carbocycles. The maximum absolute atomic E-state index is 11.9. The maximum atomic E-state index is 11.9. The van der Waals surface area contributed by atoms with Gasteiger partial charge in [-0.05, 0) is 12.1 Å². The van der Waals surface area contributed by atoms with Crippen LogP contribution in [0.5, 0.6) is 11.5 Å². The highest BCUT2D eigenvalue weighted by Crippen LogP contribution is 2.32. The van der Waals surface area contributed by atoms with Crippen LogP contribution in [0.3, 0.4) is 0 Å². The number of anilines is 1. The number of rotatable bonds is 8. The van der Waals surface area contributed by atoms with E-state index in [2.05, 4.69) is 4.72 Å². The lowest BCUT2D eigenvalue weighted by molar-refractivity contribution is -0.116. The van der Waals surface area contributed by atoms with Gasteiger partial charge in [0.1, 0.15) is 11.5 Å². The Morgan fingerprint density at radius 1 is 1.22 bits per heavy atom. The second-order valence-corrected chi connectivity index (χ2v) is 6.86. The lowest BCUT2D eigenvalue weighted by Crippen LogP contribution is -2.41. The topological polar surface area (TPSA) is 88.2 Å². The zero-order chi connectivity index (χ0) is 17.6. The Balaban J connectivity index is 2.97. The third kappa shape index (κ3) is 5.08. The first-order valence-electron chi connectivity index (χ1n) is 6.90. The molecule has 130 valence electrons. The van der Waals surface area contributed by atoms with Crippen LogP contribution in [0.1, 0.15) is 6.92 Å². The largest absolute Gasteiger partial charge is 0.497 e. The zero-order valence-corrected chi connectivity index (χ0v) is 14.8. The van der Waals surface area contributed by atoms with Gasteiger partial charge in [-0.1, -0.05) is 0 Å². The molecule has 1 amide bonds. The van der Waals surface area contributed by atoms with Crippen molar-refractivity contribution in [3.8, 4) is 11.5 Å². The second kappa shape index (κ2) is 8.14. The van der Waals surface area contributed by atoms with Crippen molar-refractivity contribution in [3.05, 3.63) is 18.2 Å². The number of hydrogen-bond donors (Lipinski definition) is 1. The zero-order valence-electron chi connectivity index (χ0n) is 14.0. The minimum Gasteiger partial charge on any atom is -0.497 e. The minimum atomic E-state index is -3.54. The van der Waals surface area contributed by atoms with Crippen molar-refractivity contribution in [2.24, 2.45) is 0 Å². The number of nitrogens with zero attached hydrogens (tertiary/aromatic N) is 2. The van der Waals surface area contributed by atoms with E-state index in [4.69, 9.17) is 9.47 Å². The standard InChI is InChI=1S/C14H23N3O5S/c1-11(18)17(9-8-15-23(19,20)16(2)3)13-10-12(21-4)6-7-14(13)22-5/h6-7,10,15H,8-9H2,1-5H3. The summed E-state index contributed by atoms with van der Waals surface area (Å²) in [7, 11) is 2.33. The summed E-state index contributed by atoms with van der Waals surface area (Å²) in [5.74, 6) is 0.831. The van der Waals surface area contributed by atoms with E-state index in [1.807, 2.05) is 0 Å². The molecule has 0 radical (unpaired) electrons. The normalized spacial score (nSPS) is 11.4. The number of nitrogens with one attached hydrogen (secondary N) is 1. The first-order valence-corrected chi connectivity index (χ1v) is 8.34. The number of hydrogen-bond acceptors (Lipinski definition) is 5. The molecule has 0 aliphatic carbocycles. The highest BCUT2D eigenvalue weighted by molar-refractivity contribution is 7.87. The van der Waals surface area contributed by atoms with Gasteiger partial charge in [-0.2, -0.15) is 12.7 Å². The number of carbonyl (C=O) groups excluding carboxylic acids is 1. The van der Waals surface area contributed by atoms with Crippen molar-refractivity contribution < 1.29 is 22.7 Å². The van der Waals surface area contributed by atoms with Gasteiger partial charge in [0.15, 0.2) is 0 Å². The summed E-state index contributed by atoms with van der Waals surface area (Å²) in [6.45, 7) is 1.63. The van der Waals surface area contributed by atoms with Crippen LogP contribution in [-0.2, 0) is 15.0 Å². The van der Waals surface area contributed by atoms with E-state index < -0.39 is 10.2 Å². The second-order valence-electron chi connectivity index (χ2n) is 4.89. The molecule has 23 heavy (non-hydrogen) atoms. The smallest absolute Gasteiger partial charge is 0.278 e. The summed E-state index contributed by atoms with van der Waals surface area (Å²) in [5, 5.41) is 0. The molecular formula is C14H23N3O5S. The van der Waals surface area contributed by atoms with Gasteiger partial charge in [0.05, 0.1) is 19.9 Å². The molecular weight excluding hydrogens is 322 g/mol. The molecule has 0 bridgehead atoms. The Hall–Kier alpha value is -1.84. The van der Waals surface area contributed by atoms with E-state index in [-0.39, 0.29) is 19.0 Å². The van der Waals surface area contributed by atoms with Crippen LogP contribution >= 0.6 is 0 Å². The molecule has 0 unspecified atom stereocenters. The molecule has 0 spiro atoms. The molecule has 0 heterocycles. The van der Waals surface area contributed by atoms with Crippen LogP contribution in [0.4, 0.5) is 5.69 Å². The van der Waals surface area contributed by atoms with Gasteiger partial charge in [0.25, 0.3) is 10.2 Å². The minimum absolute atomic E-state index is 0.0699. The number of methoxy groups -OCH3 is 2. The highest BCUT2D eigenvalue weighted by atomic mass is 32.2. The molecule has 1 rings (SSSR count). The molecule has 1 aromatic carbocycles. The Labute approximate surface area is 137 Å². The Morgan fingerprint density at radius 3 is 2.35 bits per heavy atom. The fourth-order valence-electron chi connectivity index (χ4n) is 1.87. The van der Waals surface area contributed by atoms with Crippen LogP contribution in [0.15, 0.2) is 18.2 Å². The third-order valence-corrected chi connectivity index (χ3v) is 4.69. The van der Waals surface area contributed by atoms with Crippen LogP contribution in [-0.4, -0.2) is 60.0 Å². The fraction of sp³-hybridized carbons (Fsp3) is 0.500. The molecule has 0 aliphatic heterocycles. The molecule has 1 aromatic rings. The van der Waals surface area contributed by atoms with E-state index in [0.29, 0.717) is 17.2 Å². The molecule has 0 fully saturated rings. The number of amides is 1. The molecule has 0 aliphatic rings. The summed E-state index contributed by atoms with van der Waals surface area (Å²) < 4.78 is 37.3. The van der Waals surface area contributed by atoms with Crippen molar-refractivity contribution in [2.45, 2.75) is 6.92 Å². The molecule has 0 aromatic heterocycles. The lowest BCUT2D eigenvalue weighted by atomic mass is 10.2. The predicted molar refractivity (Wildman–Crippen MR) is 88.2 cm³/mol. The Bertz CT molecular complexity index is 646. The summed E-state index contributed by atoms with van der Waals surface area (Å²) in [6, 6.07) is 5.07. The lowest BCUT2D eigenvalue weighted by Gasteiger charge is -2.24. The van der Waals surface area contributed by atoms with Crippen LogP contribution in [0.25, 0.3) is 0 Å². The maximum Gasteiger partial charge on any atom is 0.278 e. The van der Waals surface area contributed by atoms with E-state index in [9.17, 15) is 13.2 Å². The summed E-state index contributed by atoms with van der Waals surface area (Å²) in [4.78, 5) is 13.4. The van der Waals surface area contributed by atoms with Crippen LogP contribution < -0.4 is 19.1 Å². The van der Waals surface area contributed by atoms with E-state index in [1.54, 1.807) is 18.2 Å². The van der Waals surface area contributed by atoms with Crippen molar-refractivity contribution in [1.29, 1.82) is 0 Å². The first-order chi connectivity index (χ1) is 10.7. The highest BCUT2D eigenvalue weighted by Gasteiger charge is 2.19. The van der Waals surface area contributed by atoms with Gasteiger partial charge >= 0.3 is 0 Å².